The molecule has 1 aliphatic rings. The van der Waals surface area contributed by atoms with E-state index in [1.54, 1.807) is 6.20 Å². The van der Waals surface area contributed by atoms with E-state index in [1.165, 1.54) is 38.5 Å². The fourth-order valence-corrected chi connectivity index (χ4v) is 2.98. The Hall–Kier alpha value is -1.88. The molecule has 0 amide bonds. The van der Waals surface area contributed by atoms with Crippen molar-refractivity contribution in [2.24, 2.45) is 0 Å². The topological polar surface area (TPSA) is 62.7 Å². The Labute approximate surface area is 141 Å². The fourth-order valence-electron chi connectivity index (χ4n) is 2.85. The van der Waals surface area contributed by atoms with Crippen molar-refractivity contribution in [1.82, 2.24) is 15.2 Å². The minimum atomic E-state index is 0.464. The fraction of sp³-hybridized carbons (Fsp3) is 0.471. The molecule has 0 saturated heterocycles. The highest BCUT2D eigenvalue weighted by Gasteiger charge is 2.13. The van der Waals surface area contributed by atoms with Gasteiger partial charge < -0.3 is 10.6 Å². The van der Waals surface area contributed by atoms with Gasteiger partial charge in [-0.3, -0.25) is 0 Å². The third-order valence-electron chi connectivity index (χ3n) is 4.13. The average molecular weight is 332 g/mol. The molecular weight excluding hydrogens is 310 g/mol. The van der Waals surface area contributed by atoms with Gasteiger partial charge in [-0.25, -0.2) is 0 Å². The zero-order valence-corrected chi connectivity index (χ0v) is 13.9. The highest BCUT2D eigenvalue weighted by molar-refractivity contribution is 6.30. The van der Waals surface area contributed by atoms with E-state index < -0.39 is 0 Å². The first kappa shape index (κ1) is 16.0. The number of hydrogen-bond donors (Lipinski definition) is 2. The van der Waals surface area contributed by atoms with Crippen LogP contribution >= 0.6 is 11.6 Å². The van der Waals surface area contributed by atoms with E-state index in [-0.39, 0.29) is 0 Å². The van der Waals surface area contributed by atoms with Crippen LogP contribution in [0.15, 0.2) is 30.5 Å². The summed E-state index contributed by atoms with van der Waals surface area (Å²) < 4.78 is 0. The molecule has 0 radical (unpaired) electrons. The molecule has 1 aromatic carbocycles. The van der Waals surface area contributed by atoms with Crippen LogP contribution in [0.25, 0.3) is 0 Å². The van der Waals surface area contributed by atoms with Crippen molar-refractivity contribution >= 4 is 23.4 Å². The van der Waals surface area contributed by atoms with Gasteiger partial charge in [-0.1, -0.05) is 49.4 Å². The summed E-state index contributed by atoms with van der Waals surface area (Å²) in [5, 5.41) is 15.6. The molecule has 6 heteroatoms. The Morgan fingerprint density at radius 1 is 1.04 bits per heavy atom. The zero-order chi connectivity index (χ0) is 15.9. The molecule has 0 atom stereocenters. The van der Waals surface area contributed by atoms with Crippen molar-refractivity contribution in [3.05, 3.63) is 41.0 Å². The van der Waals surface area contributed by atoms with Crippen molar-refractivity contribution in [2.45, 2.75) is 51.1 Å². The van der Waals surface area contributed by atoms with Gasteiger partial charge in [-0.05, 0) is 30.5 Å². The lowest BCUT2D eigenvalue weighted by molar-refractivity contribution is 0.613. The molecule has 0 aliphatic heterocycles. The van der Waals surface area contributed by atoms with Gasteiger partial charge in [0.2, 0.25) is 5.95 Å². The Kier molecular flexibility index (Phi) is 5.64. The number of benzene rings is 1. The van der Waals surface area contributed by atoms with Gasteiger partial charge in [0.25, 0.3) is 0 Å². The van der Waals surface area contributed by atoms with E-state index in [1.807, 2.05) is 24.3 Å². The summed E-state index contributed by atoms with van der Waals surface area (Å²) in [6.45, 7) is 0.679. The molecule has 1 aliphatic carbocycles. The standard InChI is InChI=1S/C17H22ClN5/c18-14-9-7-13(8-10-14)11-19-16-12-20-23-17(22-16)21-15-5-3-1-2-4-6-15/h7-10,12,15H,1-6,11H2,(H2,19,21,22,23). The summed E-state index contributed by atoms with van der Waals surface area (Å²) in [5.74, 6) is 1.34. The van der Waals surface area contributed by atoms with Crippen molar-refractivity contribution < 1.29 is 0 Å². The molecule has 1 saturated carbocycles. The minimum Gasteiger partial charge on any atom is -0.365 e. The first-order valence-corrected chi connectivity index (χ1v) is 8.62. The third kappa shape index (κ3) is 5.06. The molecule has 122 valence electrons. The molecule has 3 rings (SSSR count). The highest BCUT2D eigenvalue weighted by atomic mass is 35.5. The van der Waals surface area contributed by atoms with Crippen LogP contribution in [0.5, 0.6) is 0 Å². The predicted octanol–water partition coefficient (Wildman–Crippen LogP) is 4.27. The Bertz CT molecular complexity index is 609. The van der Waals surface area contributed by atoms with Crippen molar-refractivity contribution in [2.75, 3.05) is 10.6 Å². The summed E-state index contributed by atoms with van der Waals surface area (Å²) >= 11 is 5.89. The summed E-state index contributed by atoms with van der Waals surface area (Å²) in [5.41, 5.74) is 1.14. The monoisotopic (exact) mass is 331 g/mol. The molecule has 5 nitrogen and oxygen atoms in total. The van der Waals surface area contributed by atoms with Crippen LogP contribution in [0.3, 0.4) is 0 Å². The quantitative estimate of drug-likeness (QED) is 0.801. The van der Waals surface area contributed by atoms with Crippen molar-refractivity contribution in [3.63, 3.8) is 0 Å². The van der Waals surface area contributed by atoms with E-state index in [2.05, 4.69) is 25.8 Å². The Morgan fingerprint density at radius 2 is 1.78 bits per heavy atom. The number of halogens is 1. The second kappa shape index (κ2) is 8.11. The summed E-state index contributed by atoms with van der Waals surface area (Å²) in [6, 6.07) is 8.22. The SMILES string of the molecule is Clc1ccc(CNc2cnnc(NC3CCCCCC3)n2)cc1. The summed E-state index contributed by atoms with van der Waals surface area (Å²) in [4.78, 5) is 4.51. The molecule has 1 fully saturated rings. The van der Waals surface area contributed by atoms with Crippen molar-refractivity contribution in [1.29, 1.82) is 0 Å². The lowest BCUT2D eigenvalue weighted by Gasteiger charge is -2.16. The van der Waals surface area contributed by atoms with Crippen LogP contribution in [0.1, 0.15) is 44.1 Å². The smallest absolute Gasteiger partial charge is 0.244 e. The number of anilines is 2. The molecule has 0 unspecified atom stereocenters. The van der Waals surface area contributed by atoms with Gasteiger partial charge in [-0.2, -0.15) is 10.1 Å². The second-order valence-corrected chi connectivity index (χ2v) is 6.41. The summed E-state index contributed by atoms with van der Waals surface area (Å²) in [6.07, 6.45) is 9.24. The van der Waals surface area contributed by atoms with E-state index in [9.17, 15) is 0 Å². The van der Waals surface area contributed by atoms with Gasteiger partial charge in [0.15, 0.2) is 5.82 Å². The van der Waals surface area contributed by atoms with Crippen LogP contribution in [0, 0.1) is 0 Å². The Morgan fingerprint density at radius 3 is 2.52 bits per heavy atom. The average Bonchev–Trinajstić information content (AvgIpc) is 2.83. The molecule has 0 spiro atoms. The first-order chi connectivity index (χ1) is 11.3. The number of nitrogens with zero attached hydrogens (tertiary/aromatic N) is 3. The van der Waals surface area contributed by atoms with E-state index in [0.29, 0.717) is 18.5 Å². The van der Waals surface area contributed by atoms with Gasteiger partial charge in [0.05, 0.1) is 6.20 Å². The molecule has 0 bridgehead atoms. The summed E-state index contributed by atoms with van der Waals surface area (Å²) in [7, 11) is 0. The third-order valence-corrected chi connectivity index (χ3v) is 4.39. The highest BCUT2D eigenvalue weighted by Crippen LogP contribution is 2.20. The van der Waals surface area contributed by atoms with Crippen LogP contribution in [0.2, 0.25) is 5.02 Å². The number of aromatic nitrogens is 3. The normalized spacial score (nSPS) is 15.9. The lowest BCUT2D eigenvalue weighted by atomic mass is 10.1. The van der Waals surface area contributed by atoms with Gasteiger partial charge in [0.1, 0.15) is 0 Å². The van der Waals surface area contributed by atoms with E-state index >= 15 is 0 Å². The maximum Gasteiger partial charge on any atom is 0.244 e. The van der Waals surface area contributed by atoms with Gasteiger partial charge in [-0.15, -0.1) is 5.10 Å². The second-order valence-electron chi connectivity index (χ2n) is 5.98. The maximum atomic E-state index is 5.89. The van der Waals surface area contributed by atoms with Gasteiger partial charge in [0, 0.05) is 17.6 Å². The minimum absolute atomic E-state index is 0.464. The molecule has 2 aromatic rings. The van der Waals surface area contributed by atoms with Gasteiger partial charge >= 0.3 is 0 Å². The zero-order valence-electron chi connectivity index (χ0n) is 13.1. The maximum absolute atomic E-state index is 5.89. The van der Waals surface area contributed by atoms with Crippen LogP contribution in [-0.2, 0) is 6.54 Å². The Balaban J connectivity index is 1.57. The number of hydrogen-bond acceptors (Lipinski definition) is 5. The molecule has 1 heterocycles. The van der Waals surface area contributed by atoms with Crippen LogP contribution in [-0.4, -0.2) is 21.2 Å². The number of nitrogens with one attached hydrogen (secondary N) is 2. The number of rotatable bonds is 5. The largest absolute Gasteiger partial charge is 0.365 e. The lowest BCUT2D eigenvalue weighted by Crippen LogP contribution is -2.20. The molecule has 23 heavy (non-hydrogen) atoms. The molecule has 2 N–H and O–H groups in total. The van der Waals surface area contributed by atoms with E-state index in [4.69, 9.17) is 11.6 Å². The van der Waals surface area contributed by atoms with Crippen LogP contribution in [0.4, 0.5) is 11.8 Å². The van der Waals surface area contributed by atoms with Crippen LogP contribution < -0.4 is 10.6 Å². The molecule has 1 aromatic heterocycles. The van der Waals surface area contributed by atoms with E-state index in [0.717, 1.165) is 16.4 Å². The van der Waals surface area contributed by atoms with Crippen molar-refractivity contribution in [3.8, 4) is 0 Å². The molecular formula is C17H22ClN5. The predicted molar refractivity (Wildman–Crippen MR) is 93.7 cm³/mol. The first-order valence-electron chi connectivity index (χ1n) is 8.24.